The number of rotatable bonds is 6. The van der Waals surface area contributed by atoms with E-state index in [9.17, 15) is 4.79 Å². The number of furan rings is 1. The summed E-state index contributed by atoms with van der Waals surface area (Å²) in [5.74, 6) is 0.898. The van der Waals surface area contributed by atoms with Crippen LogP contribution in [0.4, 0.5) is 0 Å². The summed E-state index contributed by atoms with van der Waals surface area (Å²) in [5, 5.41) is 12.9. The first-order valence-electron chi connectivity index (χ1n) is 9.39. The van der Waals surface area contributed by atoms with Gasteiger partial charge in [0.05, 0.1) is 17.5 Å². The molecule has 4 aromatic rings. The molecule has 0 radical (unpaired) electrons. The molecular formula is C22H22N4O2S. The molecule has 0 aliphatic carbocycles. The first-order chi connectivity index (χ1) is 14.0. The number of carbonyl (C=O) groups is 1. The van der Waals surface area contributed by atoms with Crippen molar-refractivity contribution in [1.29, 1.82) is 0 Å². The van der Waals surface area contributed by atoms with E-state index in [4.69, 9.17) is 4.42 Å². The highest BCUT2D eigenvalue weighted by Crippen LogP contribution is 2.25. The first-order valence-corrected chi connectivity index (χ1v) is 10.4. The van der Waals surface area contributed by atoms with Gasteiger partial charge in [-0.1, -0.05) is 42.1 Å². The van der Waals surface area contributed by atoms with E-state index in [1.807, 2.05) is 55.7 Å². The predicted molar refractivity (Wildman–Crippen MR) is 114 cm³/mol. The van der Waals surface area contributed by atoms with Crippen LogP contribution in [-0.4, -0.2) is 26.4 Å². The van der Waals surface area contributed by atoms with Crippen LogP contribution in [0.3, 0.4) is 0 Å². The van der Waals surface area contributed by atoms with Gasteiger partial charge in [-0.05, 0) is 50.1 Å². The van der Waals surface area contributed by atoms with E-state index < -0.39 is 0 Å². The molecule has 0 saturated carbocycles. The average Bonchev–Trinajstić information content (AvgIpc) is 3.35. The zero-order chi connectivity index (χ0) is 20.4. The lowest BCUT2D eigenvalue weighted by Crippen LogP contribution is -2.28. The zero-order valence-corrected chi connectivity index (χ0v) is 17.4. The van der Waals surface area contributed by atoms with Crippen molar-refractivity contribution in [3.8, 4) is 5.69 Å². The standard InChI is InChI=1S/C22H22N4O2S/c1-14-8-9-15(2)18(10-14)26-13-23-25-22(26)29-12-21(27)24-16(3)20-11-17-6-4-5-7-19(17)28-20/h4-11,13,16H,12H2,1-3H3,(H,24,27)/t16-/m1/s1. The Kier molecular flexibility index (Phi) is 5.40. The van der Waals surface area contributed by atoms with E-state index in [0.29, 0.717) is 5.16 Å². The van der Waals surface area contributed by atoms with E-state index >= 15 is 0 Å². The lowest BCUT2D eigenvalue weighted by Gasteiger charge is -2.12. The maximum atomic E-state index is 12.5. The van der Waals surface area contributed by atoms with Gasteiger partial charge in [-0.25, -0.2) is 0 Å². The second-order valence-corrected chi connectivity index (χ2v) is 7.98. The summed E-state index contributed by atoms with van der Waals surface area (Å²) in [6.45, 7) is 6.01. The lowest BCUT2D eigenvalue weighted by molar-refractivity contribution is -0.119. The second-order valence-electron chi connectivity index (χ2n) is 7.04. The average molecular weight is 407 g/mol. The van der Waals surface area contributed by atoms with Crippen molar-refractivity contribution in [3.05, 3.63) is 71.7 Å². The summed E-state index contributed by atoms with van der Waals surface area (Å²) in [7, 11) is 0. The number of nitrogens with one attached hydrogen (secondary N) is 1. The normalized spacial score (nSPS) is 12.2. The molecule has 7 heteroatoms. The number of fused-ring (bicyclic) bond motifs is 1. The van der Waals surface area contributed by atoms with Crippen molar-refractivity contribution in [3.63, 3.8) is 0 Å². The van der Waals surface area contributed by atoms with Crippen molar-refractivity contribution in [2.75, 3.05) is 5.75 Å². The number of benzene rings is 2. The maximum Gasteiger partial charge on any atom is 0.231 e. The predicted octanol–water partition coefficient (Wildman–Crippen LogP) is 4.60. The summed E-state index contributed by atoms with van der Waals surface area (Å²) in [4.78, 5) is 12.5. The van der Waals surface area contributed by atoms with Gasteiger partial charge in [0.15, 0.2) is 5.16 Å². The summed E-state index contributed by atoms with van der Waals surface area (Å²) < 4.78 is 7.75. The molecule has 1 amide bonds. The summed E-state index contributed by atoms with van der Waals surface area (Å²) >= 11 is 1.36. The number of hydrogen-bond donors (Lipinski definition) is 1. The van der Waals surface area contributed by atoms with Crippen LogP contribution in [0.25, 0.3) is 16.7 Å². The third-order valence-corrected chi connectivity index (χ3v) is 5.66. The fourth-order valence-electron chi connectivity index (χ4n) is 3.17. The molecule has 1 N–H and O–H groups in total. The minimum Gasteiger partial charge on any atom is -0.459 e. The van der Waals surface area contributed by atoms with Gasteiger partial charge in [0.1, 0.15) is 17.7 Å². The first kappa shape index (κ1) is 19.3. The van der Waals surface area contributed by atoms with Gasteiger partial charge in [0.2, 0.25) is 5.91 Å². The molecule has 0 aliphatic rings. The lowest BCUT2D eigenvalue weighted by atomic mass is 10.1. The molecule has 0 spiro atoms. The van der Waals surface area contributed by atoms with Crippen LogP contribution in [-0.2, 0) is 4.79 Å². The van der Waals surface area contributed by atoms with Crippen molar-refractivity contribution in [1.82, 2.24) is 20.1 Å². The smallest absolute Gasteiger partial charge is 0.231 e. The summed E-state index contributed by atoms with van der Waals surface area (Å²) in [6, 6.07) is 15.8. The van der Waals surface area contributed by atoms with Crippen LogP contribution < -0.4 is 5.32 Å². The summed E-state index contributed by atoms with van der Waals surface area (Å²) in [6.07, 6.45) is 1.68. The molecule has 2 aromatic heterocycles. The highest BCUT2D eigenvalue weighted by atomic mass is 32.2. The van der Waals surface area contributed by atoms with Gasteiger partial charge in [-0.3, -0.25) is 9.36 Å². The quantitative estimate of drug-likeness (QED) is 0.474. The molecule has 0 fully saturated rings. The number of aromatic nitrogens is 3. The van der Waals surface area contributed by atoms with Crippen LogP contribution in [0.1, 0.15) is 29.9 Å². The number of aryl methyl sites for hydroxylation is 2. The molecule has 0 unspecified atom stereocenters. The van der Waals surface area contributed by atoms with Crippen molar-refractivity contribution in [2.45, 2.75) is 32.0 Å². The molecule has 2 heterocycles. The zero-order valence-electron chi connectivity index (χ0n) is 16.5. The molecule has 1 atom stereocenters. The van der Waals surface area contributed by atoms with E-state index in [1.165, 1.54) is 11.8 Å². The Balaban J connectivity index is 1.41. The molecule has 6 nitrogen and oxygen atoms in total. The van der Waals surface area contributed by atoms with Crippen molar-refractivity contribution >= 4 is 28.6 Å². The SMILES string of the molecule is Cc1ccc(C)c(-n2cnnc2SCC(=O)N[C@H](C)c2cc3ccccc3o2)c1. The molecule has 29 heavy (non-hydrogen) atoms. The molecule has 0 bridgehead atoms. The number of hydrogen-bond acceptors (Lipinski definition) is 5. The fraction of sp³-hybridized carbons (Fsp3) is 0.227. The Hall–Kier alpha value is -3.06. The number of carbonyl (C=O) groups excluding carboxylic acids is 1. The Labute approximate surface area is 173 Å². The van der Waals surface area contributed by atoms with Crippen LogP contribution in [0, 0.1) is 13.8 Å². The highest BCUT2D eigenvalue weighted by molar-refractivity contribution is 7.99. The Morgan fingerprint density at radius 1 is 1.21 bits per heavy atom. The fourth-order valence-corrected chi connectivity index (χ4v) is 3.90. The monoisotopic (exact) mass is 406 g/mol. The molecule has 2 aromatic carbocycles. The Morgan fingerprint density at radius 2 is 2.03 bits per heavy atom. The third kappa shape index (κ3) is 4.19. The van der Waals surface area contributed by atoms with Gasteiger partial charge < -0.3 is 9.73 Å². The van der Waals surface area contributed by atoms with Crippen LogP contribution in [0.5, 0.6) is 0 Å². The van der Waals surface area contributed by atoms with Gasteiger partial charge in [-0.2, -0.15) is 0 Å². The van der Waals surface area contributed by atoms with Gasteiger partial charge in [0.25, 0.3) is 0 Å². The van der Waals surface area contributed by atoms with Crippen molar-refractivity contribution in [2.24, 2.45) is 0 Å². The minimum atomic E-state index is -0.215. The largest absolute Gasteiger partial charge is 0.459 e. The van der Waals surface area contributed by atoms with Crippen LogP contribution in [0.15, 0.2) is 64.4 Å². The molecular weight excluding hydrogens is 384 g/mol. The number of amides is 1. The van der Waals surface area contributed by atoms with E-state index in [2.05, 4.69) is 33.7 Å². The van der Waals surface area contributed by atoms with E-state index in [1.54, 1.807) is 6.33 Å². The maximum absolute atomic E-state index is 12.5. The van der Waals surface area contributed by atoms with Gasteiger partial charge >= 0.3 is 0 Å². The molecule has 0 aliphatic heterocycles. The topological polar surface area (TPSA) is 73.0 Å². The van der Waals surface area contributed by atoms with Crippen molar-refractivity contribution < 1.29 is 9.21 Å². The van der Waals surface area contributed by atoms with E-state index in [-0.39, 0.29) is 17.7 Å². The third-order valence-electron chi connectivity index (χ3n) is 4.72. The van der Waals surface area contributed by atoms with Gasteiger partial charge in [-0.15, -0.1) is 10.2 Å². The van der Waals surface area contributed by atoms with Crippen LogP contribution in [0.2, 0.25) is 0 Å². The highest BCUT2D eigenvalue weighted by Gasteiger charge is 2.16. The minimum absolute atomic E-state index is 0.0847. The molecule has 0 saturated heterocycles. The molecule has 148 valence electrons. The number of nitrogens with zero attached hydrogens (tertiary/aromatic N) is 3. The Bertz CT molecular complexity index is 1130. The van der Waals surface area contributed by atoms with E-state index in [0.717, 1.165) is 33.5 Å². The second kappa shape index (κ2) is 8.13. The van der Waals surface area contributed by atoms with Gasteiger partial charge in [0, 0.05) is 5.39 Å². The summed E-state index contributed by atoms with van der Waals surface area (Å²) in [5.41, 5.74) is 4.13. The number of thioether (sulfide) groups is 1. The molecule has 4 rings (SSSR count). The van der Waals surface area contributed by atoms with Crippen LogP contribution >= 0.6 is 11.8 Å². The Morgan fingerprint density at radius 3 is 2.86 bits per heavy atom. The number of para-hydroxylation sites is 1.